The zero-order valence-corrected chi connectivity index (χ0v) is 10.6. The molecular weight excluding hydrogens is 230 g/mol. The van der Waals surface area contributed by atoms with Crippen LogP contribution in [0, 0.1) is 0 Å². The summed E-state index contributed by atoms with van der Waals surface area (Å²) in [7, 11) is 0. The lowest BCUT2D eigenvalue weighted by molar-refractivity contribution is -0.137. The van der Waals surface area contributed by atoms with Crippen molar-refractivity contribution in [2.24, 2.45) is 0 Å². The number of carboxylic acids is 1. The van der Waals surface area contributed by atoms with E-state index in [9.17, 15) is 9.59 Å². The fourth-order valence-corrected chi connectivity index (χ4v) is 1.84. The van der Waals surface area contributed by atoms with Gasteiger partial charge in [0.15, 0.2) is 0 Å². The second kappa shape index (κ2) is 7.48. The van der Waals surface area contributed by atoms with Crippen LogP contribution < -0.4 is 5.32 Å². The van der Waals surface area contributed by atoms with Crippen LogP contribution in [0.1, 0.15) is 31.7 Å². The van der Waals surface area contributed by atoms with Crippen molar-refractivity contribution in [3.63, 3.8) is 0 Å². The fraction of sp³-hybridized carbons (Fsp3) is 0.429. The number of rotatable bonds is 7. The highest BCUT2D eigenvalue weighted by Gasteiger charge is 2.15. The van der Waals surface area contributed by atoms with Crippen LogP contribution in [-0.4, -0.2) is 23.0 Å². The second-order valence-corrected chi connectivity index (χ2v) is 4.31. The Bertz CT molecular complexity index is 389. The Morgan fingerprint density at radius 1 is 1.28 bits per heavy atom. The van der Waals surface area contributed by atoms with Crippen LogP contribution in [0.15, 0.2) is 30.3 Å². The van der Waals surface area contributed by atoms with Gasteiger partial charge in [0.1, 0.15) is 0 Å². The van der Waals surface area contributed by atoms with E-state index in [4.69, 9.17) is 5.11 Å². The molecule has 0 aromatic heterocycles. The van der Waals surface area contributed by atoms with E-state index < -0.39 is 5.97 Å². The third-order valence-electron chi connectivity index (χ3n) is 2.63. The molecule has 0 aliphatic carbocycles. The fourth-order valence-electron chi connectivity index (χ4n) is 1.84. The molecule has 1 amide bonds. The summed E-state index contributed by atoms with van der Waals surface area (Å²) < 4.78 is 0. The van der Waals surface area contributed by atoms with Gasteiger partial charge in [-0.2, -0.15) is 0 Å². The van der Waals surface area contributed by atoms with Gasteiger partial charge in [0.2, 0.25) is 5.91 Å². The van der Waals surface area contributed by atoms with Crippen molar-refractivity contribution in [1.82, 2.24) is 5.32 Å². The first kappa shape index (κ1) is 14.2. The molecule has 0 spiro atoms. The van der Waals surface area contributed by atoms with Gasteiger partial charge in [-0.05, 0) is 12.0 Å². The van der Waals surface area contributed by atoms with E-state index in [1.54, 1.807) is 0 Å². The lowest BCUT2D eigenvalue weighted by Crippen LogP contribution is -2.37. The molecule has 4 heteroatoms. The van der Waals surface area contributed by atoms with E-state index >= 15 is 0 Å². The van der Waals surface area contributed by atoms with Crippen LogP contribution >= 0.6 is 0 Å². The van der Waals surface area contributed by atoms with E-state index in [-0.39, 0.29) is 18.4 Å². The first-order valence-electron chi connectivity index (χ1n) is 6.17. The number of carbonyl (C=O) groups is 2. The predicted octanol–water partition coefficient (Wildman–Crippen LogP) is 1.99. The molecule has 1 aromatic carbocycles. The minimum atomic E-state index is -0.881. The quantitative estimate of drug-likeness (QED) is 0.776. The lowest BCUT2D eigenvalue weighted by Gasteiger charge is -2.16. The van der Waals surface area contributed by atoms with Gasteiger partial charge in [-0.25, -0.2) is 0 Å². The highest BCUT2D eigenvalue weighted by molar-refractivity contribution is 5.79. The lowest BCUT2D eigenvalue weighted by atomic mass is 10.1. The van der Waals surface area contributed by atoms with E-state index in [0.29, 0.717) is 12.8 Å². The molecule has 1 atom stereocenters. The number of nitrogens with one attached hydrogen (secondary N) is 1. The van der Waals surface area contributed by atoms with E-state index in [0.717, 1.165) is 12.0 Å². The van der Waals surface area contributed by atoms with Gasteiger partial charge in [-0.3, -0.25) is 9.59 Å². The monoisotopic (exact) mass is 249 g/mol. The van der Waals surface area contributed by atoms with E-state index in [1.165, 1.54) is 0 Å². The summed E-state index contributed by atoms with van der Waals surface area (Å²) in [6.07, 6.45) is 1.81. The SMILES string of the molecule is CCC[C@H](CC(=O)O)NC(=O)Cc1ccccc1. The Morgan fingerprint density at radius 3 is 2.50 bits per heavy atom. The van der Waals surface area contributed by atoms with Crippen LogP contribution in [0.25, 0.3) is 0 Å². The number of carboxylic acid groups (broad SMARTS) is 1. The van der Waals surface area contributed by atoms with Crippen LogP contribution in [0.4, 0.5) is 0 Å². The molecule has 0 saturated carbocycles. The van der Waals surface area contributed by atoms with Crippen LogP contribution in [-0.2, 0) is 16.0 Å². The molecule has 0 aliphatic heterocycles. The van der Waals surface area contributed by atoms with Crippen molar-refractivity contribution in [1.29, 1.82) is 0 Å². The zero-order chi connectivity index (χ0) is 13.4. The molecule has 0 fully saturated rings. The molecule has 0 heterocycles. The molecular formula is C14H19NO3. The van der Waals surface area contributed by atoms with Gasteiger partial charge < -0.3 is 10.4 Å². The molecule has 0 saturated heterocycles. The van der Waals surface area contributed by atoms with Gasteiger partial charge in [-0.1, -0.05) is 43.7 Å². The van der Waals surface area contributed by atoms with Crippen molar-refractivity contribution >= 4 is 11.9 Å². The van der Waals surface area contributed by atoms with Gasteiger partial charge >= 0.3 is 5.97 Å². The average molecular weight is 249 g/mol. The largest absolute Gasteiger partial charge is 0.481 e. The van der Waals surface area contributed by atoms with E-state index in [1.807, 2.05) is 37.3 Å². The van der Waals surface area contributed by atoms with Gasteiger partial charge in [-0.15, -0.1) is 0 Å². The third kappa shape index (κ3) is 5.48. The summed E-state index contributed by atoms with van der Waals surface area (Å²) >= 11 is 0. The maximum absolute atomic E-state index is 11.8. The number of benzene rings is 1. The standard InChI is InChI=1S/C14H19NO3/c1-2-6-12(10-14(17)18)15-13(16)9-11-7-4-3-5-8-11/h3-5,7-8,12H,2,6,9-10H2,1H3,(H,15,16)(H,17,18)/t12-/m1/s1. The first-order chi connectivity index (χ1) is 8.61. The second-order valence-electron chi connectivity index (χ2n) is 4.31. The molecule has 18 heavy (non-hydrogen) atoms. The molecule has 0 aliphatic rings. The van der Waals surface area contributed by atoms with Crippen molar-refractivity contribution in [2.75, 3.05) is 0 Å². The Kier molecular flexibility index (Phi) is 5.91. The Morgan fingerprint density at radius 2 is 1.94 bits per heavy atom. The van der Waals surface area contributed by atoms with Crippen molar-refractivity contribution in [3.8, 4) is 0 Å². The average Bonchev–Trinajstić information content (AvgIpc) is 2.29. The number of hydrogen-bond acceptors (Lipinski definition) is 2. The van der Waals surface area contributed by atoms with Crippen LogP contribution in [0.5, 0.6) is 0 Å². The van der Waals surface area contributed by atoms with Crippen LogP contribution in [0.2, 0.25) is 0 Å². The minimum Gasteiger partial charge on any atom is -0.481 e. The maximum Gasteiger partial charge on any atom is 0.305 e. The molecule has 4 nitrogen and oxygen atoms in total. The van der Waals surface area contributed by atoms with Crippen molar-refractivity contribution in [2.45, 2.75) is 38.6 Å². The summed E-state index contributed by atoms with van der Waals surface area (Å²) in [5.74, 6) is -1.01. The van der Waals surface area contributed by atoms with E-state index in [2.05, 4.69) is 5.32 Å². The summed E-state index contributed by atoms with van der Waals surface area (Å²) in [4.78, 5) is 22.4. The summed E-state index contributed by atoms with van der Waals surface area (Å²) in [5, 5.41) is 11.5. The Labute approximate surface area is 107 Å². The number of carbonyl (C=O) groups excluding carboxylic acids is 1. The maximum atomic E-state index is 11.8. The minimum absolute atomic E-state index is 0.0195. The van der Waals surface area contributed by atoms with Crippen molar-refractivity contribution in [3.05, 3.63) is 35.9 Å². The molecule has 0 radical (unpaired) electrons. The number of aliphatic carboxylic acids is 1. The summed E-state index contributed by atoms with van der Waals surface area (Å²) in [6.45, 7) is 1.97. The predicted molar refractivity (Wildman–Crippen MR) is 69.2 cm³/mol. The molecule has 0 bridgehead atoms. The zero-order valence-electron chi connectivity index (χ0n) is 10.6. The number of hydrogen-bond donors (Lipinski definition) is 2. The van der Waals surface area contributed by atoms with Gasteiger partial charge in [0, 0.05) is 6.04 Å². The topological polar surface area (TPSA) is 66.4 Å². The van der Waals surface area contributed by atoms with Gasteiger partial charge in [0.05, 0.1) is 12.8 Å². The third-order valence-corrected chi connectivity index (χ3v) is 2.63. The molecule has 98 valence electrons. The Balaban J connectivity index is 2.48. The highest BCUT2D eigenvalue weighted by atomic mass is 16.4. The molecule has 1 aromatic rings. The Hall–Kier alpha value is -1.84. The first-order valence-corrected chi connectivity index (χ1v) is 6.17. The number of amides is 1. The van der Waals surface area contributed by atoms with Gasteiger partial charge in [0.25, 0.3) is 0 Å². The van der Waals surface area contributed by atoms with Crippen molar-refractivity contribution < 1.29 is 14.7 Å². The smallest absolute Gasteiger partial charge is 0.305 e. The summed E-state index contributed by atoms with van der Waals surface area (Å²) in [5.41, 5.74) is 0.931. The molecule has 2 N–H and O–H groups in total. The summed E-state index contributed by atoms with van der Waals surface area (Å²) in [6, 6.07) is 9.14. The molecule has 0 unspecified atom stereocenters. The van der Waals surface area contributed by atoms with Crippen LogP contribution in [0.3, 0.4) is 0 Å². The normalized spacial score (nSPS) is 11.8. The molecule has 1 rings (SSSR count). The highest BCUT2D eigenvalue weighted by Crippen LogP contribution is 2.04.